The van der Waals surface area contributed by atoms with E-state index in [2.05, 4.69) is 15.0 Å². The van der Waals surface area contributed by atoms with Crippen molar-refractivity contribution in [3.05, 3.63) is 66.4 Å². The minimum absolute atomic E-state index is 0.0246. The molecule has 0 radical (unpaired) electrons. The fraction of sp³-hybridized carbons (Fsp3) is 0.176. The van der Waals surface area contributed by atoms with E-state index in [4.69, 9.17) is 46.4 Å². The summed E-state index contributed by atoms with van der Waals surface area (Å²) in [6.45, 7) is 2.13. The van der Waals surface area contributed by atoms with Crippen molar-refractivity contribution in [2.75, 3.05) is 6.54 Å². The van der Waals surface area contributed by atoms with Crippen LogP contribution in [0.15, 0.2) is 29.1 Å². The molecule has 0 aliphatic carbocycles. The zero-order valence-corrected chi connectivity index (χ0v) is 16.9. The fourth-order valence-electron chi connectivity index (χ4n) is 2.50. The van der Waals surface area contributed by atoms with Crippen LogP contribution in [-0.4, -0.2) is 32.3 Å². The highest BCUT2D eigenvalue weighted by Crippen LogP contribution is 2.36. The highest BCUT2D eigenvalue weighted by Gasteiger charge is 2.24. The molecule has 10 heteroatoms. The molecule has 140 valence electrons. The van der Waals surface area contributed by atoms with E-state index < -0.39 is 5.91 Å². The second-order valence-corrected chi connectivity index (χ2v) is 7.03. The Morgan fingerprint density at radius 1 is 1.07 bits per heavy atom. The van der Waals surface area contributed by atoms with Gasteiger partial charge < -0.3 is 9.88 Å². The summed E-state index contributed by atoms with van der Waals surface area (Å²) in [6.07, 6.45) is 0. The first-order chi connectivity index (χ1) is 12.8. The van der Waals surface area contributed by atoms with Crippen LogP contribution in [0.2, 0.25) is 20.2 Å². The minimum atomic E-state index is -0.515. The van der Waals surface area contributed by atoms with Crippen LogP contribution in [0.3, 0.4) is 0 Å². The number of carbonyl (C=O) groups is 1. The van der Waals surface area contributed by atoms with Crippen LogP contribution >= 0.6 is 46.4 Å². The lowest BCUT2D eigenvalue weighted by molar-refractivity contribution is 0.0742. The average Bonchev–Trinajstić information content (AvgIpc) is 2.66. The van der Waals surface area contributed by atoms with Gasteiger partial charge in [-0.05, 0) is 19.1 Å². The first-order valence-electron chi connectivity index (χ1n) is 7.80. The first kappa shape index (κ1) is 19.9. The molecule has 2 aromatic heterocycles. The topological polar surface area (TPSA) is 79.0 Å². The zero-order chi connectivity index (χ0) is 19.7. The molecular formula is C17H12Cl4N4O2. The summed E-state index contributed by atoms with van der Waals surface area (Å²) in [5.74, 6) is -0.185. The number of H-pyrrole nitrogens is 1. The molecule has 1 N–H and O–H groups in total. The van der Waals surface area contributed by atoms with E-state index in [-0.39, 0.29) is 38.0 Å². The number of hydrogen-bond donors (Lipinski definition) is 1. The monoisotopic (exact) mass is 444 g/mol. The second kappa shape index (κ2) is 8.02. The Morgan fingerprint density at radius 3 is 2.48 bits per heavy atom. The van der Waals surface area contributed by atoms with Crippen LogP contribution in [0, 0.1) is 0 Å². The lowest BCUT2D eigenvalue weighted by Crippen LogP contribution is -2.32. The van der Waals surface area contributed by atoms with Crippen LogP contribution in [0.25, 0.3) is 10.9 Å². The third-order valence-electron chi connectivity index (χ3n) is 3.86. The number of halogens is 4. The number of amides is 1. The van der Waals surface area contributed by atoms with E-state index in [1.165, 1.54) is 4.90 Å². The lowest BCUT2D eigenvalue weighted by atomic mass is 10.2. The molecule has 0 aliphatic heterocycles. The van der Waals surface area contributed by atoms with Crippen molar-refractivity contribution in [1.29, 1.82) is 0 Å². The van der Waals surface area contributed by atoms with Crippen LogP contribution in [0.5, 0.6) is 0 Å². The molecule has 0 aliphatic rings. The highest BCUT2D eigenvalue weighted by atomic mass is 35.5. The van der Waals surface area contributed by atoms with Crippen molar-refractivity contribution < 1.29 is 4.79 Å². The first-order valence-corrected chi connectivity index (χ1v) is 9.31. The Kier molecular flexibility index (Phi) is 5.91. The number of nitrogens with zero attached hydrogens (tertiary/aromatic N) is 3. The summed E-state index contributed by atoms with van der Waals surface area (Å²) >= 11 is 23.9. The van der Waals surface area contributed by atoms with Gasteiger partial charge in [0.2, 0.25) is 0 Å². The lowest BCUT2D eigenvalue weighted by Gasteiger charge is -2.21. The number of aromatic amines is 1. The van der Waals surface area contributed by atoms with Crippen LogP contribution in [0.1, 0.15) is 23.2 Å². The quantitative estimate of drug-likeness (QED) is 0.595. The van der Waals surface area contributed by atoms with Gasteiger partial charge in [-0.1, -0.05) is 58.5 Å². The maximum atomic E-state index is 12.9. The number of rotatable bonds is 4. The zero-order valence-electron chi connectivity index (χ0n) is 13.9. The number of para-hydroxylation sites is 1. The molecule has 3 rings (SSSR count). The highest BCUT2D eigenvalue weighted by molar-refractivity contribution is 6.52. The maximum Gasteiger partial charge on any atom is 0.274 e. The molecule has 0 spiro atoms. The standard InChI is InChI=1S/C17H12Cl4N4O2/c1-2-25(17(27)14-12(19)11(18)13(20)15(21)24-14)7-10-22-9-6-4-3-5-8(9)16(26)23-10/h3-6H,2,7H2,1H3,(H,22,23,26). The summed E-state index contributed by atoms with van der Waals surface area (Å²) in [5.41, 5.74) is 0.127. The Balaban J connectivity index is 1.97. The van der Waals surface area contributed by atoms with Crippen LogP contribution in [0.4, 0.5) is 0 Å². The molecule has 27 heavy (non-hydrogen) atoms. The molecule has 0 saturated carbocycles. The molecule has 0 fully saturated rings. The van der Waals surface area contributed by atoms with E-state index in [0.717, 1.165) is 0 Å². The van der Waals surface area contributed by atoms with Gasteiger partial charge in [-0.3, -0.25) is 9.59 Å². The summed E-state index contributed by atoms with van der Waals surface area (Å²) in [5, 5.41) is 0.187. The number of hydrogen-bond acceptors (Lipinski definition) is 4. The Bertz CT molecular complexity index is 1100. The van der Waals surface area contributed by atoms with Gasteiger partial charge in [-0.15, -0.1) is 0 Å². The van der Waals surface area contributed by atoms with Crippen molar-refractivity contribution in [2.45, 2.75) is 13.5 Å². The molecule has 6 nitrogen and oxygen atoms in total. The smallest absolute Gasteiger partial charge is 0.274 e. The summed E-state index contributed by atoms with van der Waals surface area (Å²) in [4.78, 5) is 37.5. The third-order valence-corrected chi connectivity index (χ3v) is 5.54. The fourth-order valence-corrected chi connectivity index (χ4v) is 3.31. The van der Waals surface area contributed by atoms with E-state index in [1.54, 1.807) is 31.2 Å². The van der Waals surface area contributed by atoms with Crippen molar-refractivity contribution in [3.63, 3.8) is 0 Å². The van der Waals surface area contributed by atoms with Gasteiger partial charge in [-0.25, -0.2) is 9.97 Å². The van der Waals surface area contributed by atoms with Gasteiger partial charge in [0.15, 0.2) is 0 Å². The molecule has 0 atom stereocenters. The van der Waals surface area contributed by atoms with Gasteiger partial charge in [-0.2, -0.15) is 0 Å². The van der Waals surface area contributed by atoms with Gasteiger partial charge in [0.05, 0.1) is 32.5 Å². The van der Waals surface area contributed by atoms with Crippen molar-refractivity contribution in [2.24, 2.45) is 0 Å². The van der Waals surface area contributed by atoms with Crippen molar-refractivity contribution >= 4 is 63.2 Å². The number of aromatic nitrogens is 3. The second-order valence-electron chi connectivity index (χ2n) is 5.54. The normalized spacial score (nSPS) is 11.0. The predicted octanol–water partition coefficient (Wildman–Crippen LogP) is 4.59. The maximum absolute atomic E-state index is 12.9. The Hall–Kier alpha value is -1.86. The Labute approximate surface area is 174 Å². The van der Waals surface area contributed by atoms with E-state index in [0.29, 0.717) is 23.3 Å². The molecule has 0 bridgehead atoms. The van der Waals surface area contributed by atoms with Gasteiger partial charge in [0.1, 0.15) is 16.7 Å². The molecule has 0 saturated heterocycles. The van der Waals surface area contributed by atoms with E-state index in [9.17, 15) is 9.59 Å². The number of pyridine rings is 1. The van der Waals surface area contributed by atoms with Gasteiger partial charge >= 0.3 is 0 Å². The summed E-state index contributed by atoms with van der Waals surface area (Å²) < 4.78 is 0. The molecule has 0 unspecified atom stereocenters. The number of carbonyl (C=O) groups excluding carboxylic acids is 1. The van der Waals surface area contributed by atoms with Gasteiger partial charge in [0, 0.05) is 6.54 Å². The average molecular weight is 446 g/mol. The van der Waals surface area contributed by atoms with Crippen LogP contribution in [-0.2, 0) is 6.54 Å². The minimum Gasteiger partial charge on any atom is -0.330 e. The number of benzene rings is 1. The molecule has 1 aromatic carbocycles. The van der Waals surface area contributed by atoms with E-state index in [1.807, 2.05) is 0 Å². The molecule has 1 amide bonds. The molecular weight excluding hydrogens is 434 g/mol. The predicted molar refractivity (Wildman–Crippen MR) is 107 cm³/mol. The summed E-state index contributed by atoms with van der Waals surface area (Å²) in [7, 11) is 0. The van der Waals surface area contributed by atoms with Crippen molar-refractivity contribution in [1.82, 2.24) is 19.9 Å². The molecule has 2 heterocycles. The van der Waals surface area contributed by atoms with Crippen LogP contribution < -0.4 is 5.56 Å². The Morgan fingerprint density at radius 2 is 1.78 bits per heavy atom. The molecule has 3 aromatic rings. The van der Waals surface area contributed by atoms with Crippen molar-refractivity contribution in [3.8, 4) is 0 Å². The largest absolute Gasteiger partial charge is 0.330 e. The third kappa shape index (κ3) is 3.89. The number of fused-ring (bicyclic) bond motifs is 1. The van der Waals surface area contributed by atoms with E-state index >= 15 is 0 Å². The van der Waals surface area contributed by atoms with Gasteiger partial charge in [0.25, 0.3) is 11.5 Å². The summed E-state index contributed by atoms with van der Waals surface area (Å²) in [6, 6.07) is 6.93. The SMILES string of the molecule is CCN(Cc1nc2ccccc2c(=O)[nH]1)C(=O)c1nc(Cl)c(Cl)c(Cl)c1Cl. The number of nitrogens with one attached hydrogen (secondary N) is 1.